The molecule has 0 N–H and O–H groups in total. The molecule has 1 aliphatic heterocycles. The normalized spacial score (nSPS) is 12.9. The number of benzene rings is 3. The first-order chi connectivity index (χ1) is 15.9. The van der Waals surface area contributed by atoms with Crippen molar-refractivity contribution in [2.24, 2.45) is 0 Å². The van der Waals surface area contributed by atoms with Crippen LogP contribution in [0, 0.1) is 0 Å². The van der Waals surface area contributed by atoms with Gasteiger partial charge in [-0.15, -0.1) is 0 Å². The average molecular weight is 462 g/mol. The summed E-state index contributed by atoms with van der Waals surface area (Å²) in [4.78, 5) is 39.5. The van der Waals surface area contributed by atoms with Crippen LogP contribution in [0.2, 0.25) is 5.02 Å². The number of methoxy groups -OCH3 is 1. The molecule has 33 heavy (non-hydrogen) atoms. The van der Waals surface area contributed by atoms with Gasteiger partial charge in [-0.2, -0.15) is 0 Å². The van der Waals surface area contributed by atoms with Gasteiger partial charge in [0.15, 0.2) is 0 Å². The van der Waals surface area contributed by atoms with Crippen LogP contribution in [0.5, 0.6) is 0 Å². The zero-order valence-electron chi connectivity index (χ0n) is 18.0. The van der Waals surface area contributed by atoms with E-state index in [9.17, 15) is 14.4 Å². The van der Waals surface area contributed by atoms with Gasteiger partial charge in [0, 0.05) is 24.2 Å². The second kappa shape index (κ2) is 7.94. The van der Waals surface area contributed by atoms with E-state index in [1.54, 1.807) is 63.5 Å². The van der Waals surface area contributed by atoms with Crippen LogP contribution in [-0.4, -0.2) is 40.1 Å². The van der Waals surface area contributed by atoms with Gasteiger partial charge in [0.1, 0.15) is 0 Å². The maximum Gasteiger partial charge on any atom is 0.337 e. The molecule has 0 spiro atoms. The molecule has 0 aliphatic carbocycles. The van der Waals surface area contributed by atoms with E-state index in [0.717, 1.165) is 11.1 Å². The molecule has 2 heterocycles. The maximum atomic E-state index is 13.6. The van der Waals surface area contributed by atoms with Crippen molar-refractivity contribution in [1.82, 2.24) is 14.0 Å². The standard InChI is InChI=1S/C25H20ClN3O4/c1-27-14-17-11-19(7-8-20(17)23(27)30)29-22-12-18(26)6-9-21(22)28(25(29)32)13-15-4-3-5-16(10-15)24(31)33-2/h3-12H,13-14H2,1-2H3. The molecule has 3 aromatic carbocycles. The third kappa shape index (κ3) is 3.50. The summed E-state index contributed by atoms with van der Waals surface area (Å²) in [6.07, 6.45) is 0. The summed E-state index contributed by atoms with van der Waals surface area (Å²) < 4.78 is 8.06. The number of hydrogen-bond acceptors (Lipinski definition) is 4. The van der Waals surface area contributed by atoms with Crippen LogP contribution in [0.25, 0.3) is 16.7 Å². The number of ether oxygens (including phenoxy) is 1. The first-order valence-corrected chi connectivity index (χ1v) is 10.7. The van der Waals surface area contributed by atoms with Gasteiger partial charge in [-0.05, 0) is 59.7 Å². The number of rotatable bonds is 4. The molecular formula is C25H20ClN3O4. The fourth-order valence-corrected chi connectivity index (χ4v) is 4.49. The fourth-order valence-electron chi connectivity index (χ4n) is 4.32. The van der Waals surface area contributed by atoms with E-state index in [-0.39, 0.29) is 18.1 Å². The highest BCUT2D eigenvalue weighted by Crippen LogP contribution is 2.27. The van der Waals surface area contributed by atoms with Gasteiger partial charge in [-0.3, -0.25) is 13.9 Å². The number of carbonyl (C=O) groups is 2. The van der Waals surface area contributed by atoms with Crippen molar-refractivity contribution < 1.29 is 14.3 Å². The first kappa shape index (κ1) is 21.0. The number of hydrogen-bond donors (Lipinski definition) is 0. The van der Waals surface area contributed by atoms with Gasteiger partial charge in [0.05, 0.1) is 35.9 Å². The van der Waals surface area contributed by atoms with Crippen LogP contribution in [0.3, 0.4) is 0 Å². The minimum absolute atomic E-state index is 0.0279. The Kier molecular flexibility index (Phi) is 5.06. The molecule has 0 radical (unpaired) electrons. The third-order valence-electron chi connectivity index (χ3n) is 5.91. The Morgan fingerprint density at radius 1 is 1.03 bits per heavy atom. The molecule has 0 fully saturated rings. The van der Waals surface area contributed by atoms with E-state index in [0.29, 0.717) is 39.4 Å². The van der Waals surface area contributed by atoms with Crippen LogP contribution in [0.4, 0.5) is 0 Å². The molecular weight excluding hydrogens is 442 g/mol. The van der Waals surface area contributed by atoms with Crippen LogP contribution in [-0.2, 0) is 17.8 Å². The Labute approximate surface area is 194 Å². The van der Waals surface area contributed by atoms with Gasteiger partial charge < -0.3 is 9.64 Å². The van der Waals surface area contributed by atoms with Crippen molar-refractivity contribution in [3.05, 3.63) is 98.4 Å². The maximum absolute atomic E-state index is 13.6. The topological polar surface area (TPSA) is 73.5 Å². The minimum atomic E-state index is -0.434. The lowest BCUT2D eigenvalue weighted by Crippen LogP contribution is -2.24. The van der Waals surface area contributed by atoms with Gasteiger partial charge >= 0.3 is 11.7 Å². The SMILES string of the molecule is COC(=O)c1cccc(Cn2c(=O)n(-c3ccc4c(c3)CN(C)C4=O)c3cc(Cl)ccc32)c1. The molecule has 5 rings (SSSR count). The monoisotopic (exact) mass is 461 g/mol. The van der Waals surface area contributed by atoms with Crippen molar-refractivity contribution in [1.29, 1.82) is 0 Å². The highest BCUT2D eigenvalue weighted by Gasteiger charge is 2.25. The molecule has 7 nitrogen and oxygen atoms in total. The molecule has 8 heteroatoms. The Morgan fingerprint density at radius 2 is 1.85 bits per heavy atom. The number of imidazole rings is 1. The van der Waals surface area contributed by atoms with Crippen molar-refractivity contribution >= 4 is 34.5 Å². The van der Waals surface area contributed by atoms with E-state index >= 15 is 0 Å². The fraction of sp³-hybridized carbons (Fsp3) is 0.160. The summed E-state index contributed by atoms with van der Waals surface area (Å²) in [5.41, 5.74) is 4.52. The van der Waals surface area contributed by atoms with Gasteiger partial charge in [0.2, 0.25) is 0 Å². The molecule has 166 valence electrons. The van der Waals surface area contributed by atoms with E-state index in [2.05, 4.69) is 0 Å². The molecule has 0 saturated carbocycles. The Balaban J connectivity index is 1.66. The largest absolute Gasteiger partial charge is 0.465 e. The summed E-state index contributed by atoms with van der Waals surface area (Å²) in [5.74, 6) is -0.462. The lowest BCUT2D eigenvalue weighted by Gasteiger charge is -2.06. The zero-order chi connectivity index (χ0) is 23.3. The summed E-state index contributed by atoms with van der Waals surface area (Å²) >= 11 is 6.28. The second-order valence-corrected chi connectivity index (χ2v) is 8.47. The molecule has 1 amide bonds. The highest BCUT2D eigenvalue weighted by atomic mass is 35.5. The van der Waals surface area contributed by atoms with Gasteiger partial charge in [0.25, 0.3) is 5.91 Å². The van der Waals surface area contributed by atoms with Crippen LogP contribution >= 0.6 is 11.6 Å². The number of halogens is 1. The Bertz CT molecular complexity index is 1500. The predicted molar refractivity (Wildman–Crippen MR) is 125 cm³/mol. The number of fused-ring (bicyclic) bond motifs is 2. The smallest absolute Gasteiger partial charge is 0.337 e. The average Bonchev–Trinajstić information content (AvgIpc) is 3.25. The van der Waals surface area contributed by atoms with Crippen LogP contribution < -0.4 is 5.69 Å². The van der Waals surface area contributed by atoms with Crippen molar-refractivity contribution in [2.45, 2.75) is 13.1 Å². The van der Waals surface area contributed by atoms with Gasteiger partial charge in [-0.1, -0.05) is 23.7 Å². The van der Waals surface area contributed by atoms with E-state index in [1.165, 1.54) is 7.11 Å². The van der Waals surface area contributed by atoms with Crippen LogP contribution in [0.1, 0.15) is 31.8 Å². The lowest BCUT2D eigenvalue weighted by atomic mass is 10.1. The molecule has 0 bridgehead atoms. The van der Waals surface area contributed by atoms with Crippen molar-refractivity contribution in [2.75, 3.05) is 14.2 Å². The first-order valence-electron chi connectivity index (χ1n) is 10.3. The minimum Gasteiger partial charge on any atom is -0.465 e. The third-order valence-corrected chi connectivity index (χ3v) is 6.15. The molecule has 4 aromatic rings. The van der Waals surface area contributed by atoms with E-state index < -0.39 is 5.97 Å². The summed E-state index contributed by atoms with van der Waals surface area (Å²) in [6, 6.07) is 17.7. The second-order valence-electron chi connectivity index (χ2n) is 8.03. The number of esters is 1. The molecule has 0 atom stereocenters. The van der Waals surface area contributed by atoms with Crippen molar-refractivity contribution in [3.8, 4) is 5.69 Å². The van der Waals surface area contributed by atoms with E-state index in [1.807, 2.05) is 18.2 Å². The quantitative estimate of drug-likeness (QED) is 0.432. The molecule has 1 aromatic heterocycles. The Hall–Kier alpha value is -3.84. The summed E-state index contributed by atoms with van der Waals surface area (Å²) in [7, 11) is 3.08. The van der Waals surface area contributed by atoms with Crippen LogP contribution in [0.15, 0.2) is 65.5 Å². The van der Waals surface area contributed by atoms with E-state index in [4.69, 9.17) is 16.3 Å². The number of amides is 1. The number of nitrogens with zero attached hydrogens (tertiary/aromatic N) is 3. The van der Waals surface area contributed by atoms with Gasteiger partial charge in [-0.25, -0.2) is 9.59 Å². The summed E-state index contributed by atoms with van der Waals surface area (Å²) in [5, 5.41) is 0.511. The molecule has 1 aliphatic rings. The predicted octanol–water partition coefficient (Wildman–Crippen LogP) is 3.87. The van der Waals surface area contributed by atoms with Crippen molar-refractivity contribution in [3.63, 3.8) is 0 Å². The highest BCUT2D eigenvalue weighted by molar-refractivity contribution is 6.31. The zero-order valence-corrected chi connectivity index (χ0v) is 18.8. The lowest BCUT2D eigenvalue weighted by molar-refractivity contribution is 0.0600. The molecule has 0 unspecified atom stereocenters. The number of aromatic nitrogens is 2. The molecule has 0 saturated heterocycles. The number of carbonyl (C=O) groups excluding carboxylic acids is 2. The Morgan fingerprint density at radius 3 is 2.64 bits per heavy atom. The summed E-state index contributed by atoms with van der Waals surface area (Å²) in [6.45, 7) is 0.761.